The topological polar surface area (TPSA) is 17.8 Å². The Balaban J connectivity index is 1.21. The van der Waals surface area contributed by atoms with Gasteiger partial charge < -0.3 is 4.57 Å². The van der Waals surface area contributed by atoms with E-state index in [0.29, 0.717) is 0 Å². The molecule has 0 bridgehead atoms. The maximum absolute atomic E-state index is 4.45. The molecule has 0 unspecified atom stereocenters. The fraction of sp³-hybridized carbons (Fsp3) is 0. The van der Waals surface area contributed by atoms with Crippen molar-refractivity contribution < 1.29 is 0 Å². The summed E-state index contributed by atoms with van der Waals surface area (Å²) in [5.41, 5.74) is 13.7. The highest BCUT2D eigenvalue weighted by atomic mass is 15.0. The van der Waals surface area contributed by atoms with E-state index < -0.39 is 0 Å². The lowest BCUT2D eigenvalue weighted by Gasteiger charge is -2.12. The minimum absolute atomic E-state index is 1.12. The molecule has 8 aromatic rings. The highest BCUT2D eigenvalue weighted by Gasteiger charge is 2.22. The molecule has 2 heteroatoms. The zero-order valence-corrected chi connectivity index (χ0v) is 22.3. The Morgan fingerprint density at radius 2 is 1.12 bits per heavy atom. The fourth-order valence-corrected chi connectivity index (χ4v) is 6.83. The minimum atomic E-state index is 1.12. The molecule has 0 amide bonds. The van der Waals surface area contributed by atoms with Crippen molar-refractivity contribution in [3.05, 3.63) is 146 Å². The Hall–Kier alpha value is -5.47. The van der Waals surface area contributed by atoms with E-state index in [-0.39, 0.29) is 0 Å². The predicted molar refractivity (Wildman–Crippen MR) is 171 cm³/mol. The summed E-state index contributed by atoms with van der Waals surface area (Å²) in [5, 5.41) is 5.11. The fourth-order valence-electron chi connectivity index (χ4n) is 6.83. The first-order valence-electron chi connectivity index (χ1n) is 14.1. The average Bonchev–Trinajstić information content (AvgIpc) is 3.55. The average molecular weight is 521 g/mol. The van der Waals surface area contributed by atoms with Crippen molar-refractivity contribution in [2.75, 3.05) is 0 Å². The van der Waals surface area contributed by atoms with Crippen LogP contribution in [0.4, 0.5) is 0 Å². The molecule has 190 valence electrons. The van der Waals surface area contributed by atoms with Crippen LogP contribution >= 0.6 is 0 Å². The third-order valence-electron chi connectivity index (χ3n) is 8.64. The Kier molecular flexibility index (Phi) is 4.64. The molecule has 0 radical (unpaired) electrons. The van der Waals surface area contributed by atoms with Crippen molar-refractivity contribution in [1.82, 2.24) is 9.55 Å². The van der Waals surface area contributed by atoms with E-state index in [1.807, 2.05) is 12.4 Å². The molecular formula is C39H24N2. The molecule has 0 aliphatic heterocycles. The van der Waals surface area contributed by atoms with Gasteiger partial charge in [-0.2, -0.15) is 0 Å². The third kappa shape index (κ3) is 3.22. The van der Waals surface area contributed by atoms with E-state index in [4.69, 9.17) is 0 Å². The first-order valence-corrected chi connectivity index (χ1v) is 14.1. The number of aromatic nitrogens is 2. The number of hydrogen-bond acceptors (Lipinski definition) is 1. The van der Waals surface area contributed by atoms with Gasteiger partial charge in [0.2, 0.25) is 0 Å². The maximum atomic E-state index is 4.45. The number of nitrogens with zero attached hydrogens (tertiary/aromatic N) is 2. The molecule has 0 N–H and O–H groups in total. The smallest absolute Gasteiger partial charge is 0.0724 e. The van der Waals surface area contributed by atoms with Gasteiger partial charge in [-0.05, 0) is 91.7 Å². The van der Waals surface area contributed by atoms with E-state index >= 15 is 0 Å². The molecule has 0 atom stereocenters. The molecular weight excluding hydrogens is 496 g/mol. The second-order valence-corrected chi connectivity index (χ2v) is 10.8. The van der Waals surface area contributed by atoms with Crippen LogP contribution in [0, 0.1) is 0 Å². The van der Waals surface area contributed by atoms with Crippen LogP contribution in [-0.2, 0) is 0 Å². The van der Waals surface area contributed by atoms with Gasteiger partial charge in [-0.3, -0.25) is 4.98 Å². The first kappa shape index (κ1) is 22.4. The van der Waals surface area contributed by atoms with Crippen LogP contribution in [0.1, 0.15) is 0 Å². The van der Waals surface area contributed by atoms with Gasteiger partial charge in [0.15, 0.2) is 0 Å². The second kappa shape index (κ2) is 8.51. The zero-order chi connectivity index (χ0) is 26.9. The highest BCUT2D eigenvalue weighted by Crippen LogP contribution is 2.49. The van der Waals surface area contributed by atoms with Crippen LogP contribution < -0.4 is 0 Å². The zero-order valence-electron chi connectivity index (χ0n) is 22.3. The lowest BCUT2D eigenvalue weighted by molar-refractivity contribution is 1.17. The lowest BCUT2D eigenvalue weighted by atomic mass is 9.92. The molecule has 2 aromatic heterocycles. The molecule has 2 nitrogen and oxygen atoms in total. The number of para-hydroxylation sites is 1. The van der Waals surface area contributed by atoms with Crippen LogP contribution in [0.15, 0.2) is 146 Å². The van der Waals surface area contributed by atoms with E-state index in [9.17, 15) is 0 Å². The number of rotatable bonds is 3. The van der Waals surface area contributed by atoms with Crippen molar-refractivity contribution in [1.29, 1.82) is 0 Å². The molecule has 0 saturated carbocycles. The van der Waals surface area contributed by atoms with Crippen LogP contribution in [0.3, 0.4) is 0 Å². The van der Waals surface area contributed by atoms with Gasteiger partial charge in [0, 0.05) is 22.7 Å². The Labute approximate surface area is 237 Å². The van der Waals surface area contributed by atoms with E-state index in [0.717, 1.165) is 11.2 Å². The molecule has 0 saturated heterocycles. The van der Waals surface area contributed by atoms with Crippen LogP contribution in [-0.4, -0.2) is 9.55 Å². The normalized spacial score (nSPS) is 11.9. The van der Waals surface area contributed by atoms with Crippen LogP contribution in [0.25, 0.3) is 82.8 Å². The van der Waals surface area contributed by atoms with Crippen molar-refractivity contribution in [2.45, 2.75) is 0 Å². The Morgan fingerprint density at radius 1 is 0.415 bits per heavy atom. The van der Waals surface area contributed by atoms with Crippen LogP contribution in [0.2, 0.25) is 0 Å². The molecule has 6 aromatic carbocycles. The summed E-state index contributed by atoms with van der Waals surface area (Å²) in [6, 6.07) is 48.6. The maximum Gasteiger partial charge on any atom is 0.0724 e. The predicted octanol–water partition coefficient (Wildman–Crippen LogP) is 10.3. The molecule has 0 fully saturated rings. The molecule has 1 aliphatic carbocycles. The summed E-state index contributed by atoms with van der Waals surface area (Å²) in [7, 11) is 0. The summed E-state index contributed by atoms with van der Waals surface area (Å²) < 4.78 is 2.31. The number of fused-ring (bicyclic) bond motifs is 6. The number of benzene rings is 6. The van der Waals surface area contributed by atoms with E-state index in [1.54, 1.807) is 0 Å². The van der Waals surface area contributed by atoms with Crippen molar-refractivity contribution in [3.8, 4) is 50.2 Å². The van der Waals surface area contributed by atoms with Crippen molar-refractivity contribution in [2.24, 2.45) is 0 Å². The quantitative estimate of drug-likeness (QED) is 0.227. The van der Waals surface area contributed by atoms with E-state index in [1.165, 1.54) is 71.6 Å². The van der Waals surface area contributed by atoms with Gasteiger partial charge in [-0.25, -0.2) is 0 Å². The van der Waals surface area contributed by atoms with Gasteiger partial charge >= 0.3 is 0 Å². The van der Waals surface area contributed by atoms with Crippen molar-refractivity contribution >= 4 is 32.6 Å². The molecule has 9 rings (SSSR count). The SMILES string of the molecule is c1ccc(-n2c3ccc(-c4cccc(-c5ccc6c7c(cccc57)-c5ccccc5-6)c4)cc3c3ccncc32)cc1. The molecule has 1 aliphatic rings. The largest absolute Gasteiger partial charge is 0.308 e. The third-order valence-corrected chi connectivity index (χ3v) is 8.64. The standard InChI is InChI=1S/C39H24N2/c1-2-10-28(11-3-1)41-37-19-16-26(23-36(37)32-20-21-40-24-38(32)41)25-8-6-9-27(22-25)29-17-18-35-31-13-5-4-12-30(31)34-15-7-14-33(29)39(34)35/h1-24H. The summed E-state index contributed by atoms with van der Waals surface area (Å²) in [5.74, 6) is 0. The molecule has 0 spiro atoms. The van der Waals surface area contributed by atoms with Crippen LogP contribution in [0.5, 0.6) is 0 Å². The molecule has 41 heavy (non-hydrogen) atoms. The number of pyridine rings is 1. The van der Waals surface area contributed by atoms with Gasteiger partial charge in [-0.15, -0.1) is 0 Å². The number of hydrogen-bond donors (Lipinski definition) is 0. The lowest BCUT2D eigenvalue weighted by Crippen LogP contribution is -1.93. The summed E-state index contributed by atoms with van der Waals surface area (Å²) in [4.78, 5) is 4.45. The Morgan fingerprint density at radius 3 is 2.00 bits per heavy atom. The summed E-state index contributed by atoms with van der Waals surface area (Å²) in [6.07, 6.45) is 3.86. The summed E-state index contributed by atoms with van der Waals surface area (Å²) in [6.45, 7) is 0. The van der Waals surface area contributed by atoms with Gasteiger partial charge in [-0.1, -0.05) is 97.1 Å². The highest BCUT2D eigenvalue weighted by molar-refractivity contribution is 6.18. The Bertz CT molecular complexity index is 2280. The van der Waals surface area contributed by atoms with Crippen molar-refractivity contribution in [3.63, 3.8) is 0 Å². The monoisotopic (exact) mass is 520 g/mol. The molecule has 2 heterocycles. The van der Waals surface area contributed by atoms with E-state index in [2.05, 4.69) is 143 Å². The van der Waals surface area contributed by atoms with Gasteiger partial charge in [0.25, 0.3) is 0 Å². The minimum Gasteiger partial charge on any atom is -0.308 e. The first-order chi connectivity index (χ1) is 20.3. The van der Waals surface area contributed by atoms with Gasteiger partial charge in [0.1, 0.15) is 0 Å². The summed E-state index contributed by atoms with van der Waals surface area (Å²) >= 11 is 0. The second-order valence-electron chi connectivity index (χ2n) is 10.8. The van der Waals surface area contributed by atoms with Gasteiger partial charge in [0.05, 0.1) is 17.2 Å².